The second-order valence-corrected chi connectivity index (χ2v) is 6.25. The second kappa shape index (κ2) is 7.94. The maximum atomic E-state index is 12.2. The molecule has 0 radical (unpaired) electrons. The third-order valence-electron chi connectivity index (χ3n) is 4.37. The monoisotopic (exact) mass is 339 g/mol. The summed E-state index contributed by atoms with van der Waals surface area (Å²) in [5, 5.41) is 11.8. The highest BCUT2D eigenvalue weighted by molar-refractivity contribution is 6.05. The van der Waals surface area contributed by atoms with Crippen LogP contribution in [-0.2, 0) is 11.3 Å². The zero-order valence-electron chi connectivity index (χ0n) is 13.9. The van der Waals surface area contributed by atoms with Gasteiger partial charge in [-0.05, 0) is 48.7 Å². The zero-order valence-corrected chi connectivity index (χ0v) is 13.9. The normalized spacial score (nSPS) is 14.4. The van der Waals surface area contributed by atoms with Gasteiger partial charge in [0.2, 0.25) is 0 Å². The summed E-state index contributed by atoms with van der Waals surface area (Å²) >= 11 is 0. The molecular weight excluding hydrogens is 318 g/mol. The van der Waals surface area contributed by atoms with Crippen molar-refractivity contribution in [3.8, 4) is 0 Å². The molecule has 1 amide bonds. The van der Waals surface area contributed by atoms with Crippen LogP contribution in [0.25, 0.3) is 0 Å². The van der Waals surface area contributed by atoms with Gasteiger partial charge < -0.3 is 15.2 Å². The quantitative estimate of drug-likeness (QED) is 0.831. The number of benzene rings is 2. The van der Waals surface area contributed by atoms with E-state index in [4.69, 9.17) is 9.84 Å². The number of carbonyl (C=O) groups excluding carboxylic acids is 1. The average molecular weight is 339 g/mol. The molecule has 0 aliphatic heterocycles. The number of aromatic carboxylic acids is 1. The SMILES string of the molecule is O=C(O)c1cccc(C(=O)Nc2ccc(COC3CCCC3)cc2)c1. The van der Waals surface area contributed by atoms with E-state index in [1.807, 2.05) is 24.3 Å². The predicted molar refractivity (Wildman–Crippen MR) is 94.8 cm³/mol. The Kier molecular flexibility index (Phi) is 5.46. The number of ether oxygens (including phenoxy) is 1. The lowest BCUT2D eigenvalue weighted by Gasteiger charge is -2.11. The molecule has 5 nitrogen and oxygen atoms in total. The van der Waals surface area contributed by atoms with Crippen molar-refractivity contribution in [3.63, 3.8) is 0 Å². The fourth-order valence-electron chi connectivity index (χ4n) is 2.95. The summed E-state index contributed by atoms with van der Waals surface area (Å²) in [5.74, 6) is -1.39. The number of rotatable bonds is 6. The lowest BCUT2D eigenvalue weighted by molar-refractivity contribution is 0.0457. The highest BCUT2D eigenvalue weighted by atomic mass is 16.5. The minimum atomic E-state index is -1.05. The van der Waals surface area contributed by atoms with E-state index >= 15 is 0 Å². The minimum absolute atomic E-state index is 0.0899. The van der Waals surface area contributed by atoms with Crippen molar-refractivity contribution in [1.82, 2.24) is 0 Å². The van der Waals surface area contributed by atoms with Gasteiger partial charge in [0.05, 0.1) is 18.3 Å². The number of carboxylic acids is 1. The van der Waals surface area contributed by atoms with E-state index in [2.05, 4.69) is 5.32 Å². The standard InChI is InChI=1S/C20H21NO4/c22-19(15-4-3-5-16(12-15)20(23)24)21-17-10-8-14(9-11-17)13-25-18-6-1-2-7-18/h3-5,8-12,18H,1-2,6-7,13H2,(H,21,22)(H,23,24). The van der Waals surface area contributed by atoms with Gasteiger partial charge in [0.1, 0.15) is 0 Å². The predicted octanol–water partition coefficient (Wildman–Crippen LogP) is 4.10. The van der Waals surface area contributed by atoms with Crippen molar-refractivity contribution in [2.75, 3.05) is 5.32 Å². The minimum Gasteiger partial charge on any atom is -0.478 e. The first-order valence-corrected chi connectivity index (χ1v) is 8.47. The number of hydrogen-bond acceptors (Lipinski definition) is 3. The third-order valence-corrected chi connectivity index (χ3v) is 4.37. The Morgan fingerprint density at radius 2 is 1.72 bits per heavy atom. The molecule has 1 fully saturated rings. The maximum Gasteiger partial charge on any atom is 0.335 e. The van der Waals surface area contributed by atoms with Crippen molar-refractivity contribution in [1.29, 1.82) is 0 Å². The molecule has 0 spiro atoms. The molecule has 3 rings (SSSR count). The Balaban J connectivity index is 1.58. The lowest BCUT2D eigenvalue weighted by Crippen LogP contribution is -2.13. The van der Waals surface area contributed by atoms with Crippen LogP contribution in [0, 0.1) is 0 Å². The summed E-state index contributed by atoms with van der Waals surface area (Å²) < 4.78 is 5.87. The van der Waals surface area contributed by atoms with Gasteiger partial charge in [-0.3, -0.25) is 4.79 Å². The number of anilines is 1. The van der Waals surface area contributed by atoms with Crippen molar-refractivity contribution in [2.24, 2.45) is 0 Å². The van der Waals surface area contributed by atoms with E-state index in [0.717, 1.165) is 18.4 Å². The molecule has 5 heteroatoms. The van der Waals surface area contributed by atoms with Crippen molar-refractivity contribution in [3.05, 3.63) is 65.2 Å². The van der Waals surface area contributed by atoms with Gasteiger partial charge in [-0.1, -0.05) is 31.0 Å². The fraction of sp³-hybridized carbons (Fsp3) is 0.300. The Morgan fingerprint density at radius 1 is 1.04 bits per heavy atom. The number of carbonyl (C=O) groups is 2. The lowest BCUT2D eigenvalue weighted by atomic mass is 10.1. The molecule has 2 aromatic rings. The van der Waals surface area contributed by atoms with Crippen molar-refractivity contribution >= 4 is 17.6 Å². The maximum absolute atomic E-state index is 12.2. The van der Waals surface area contributed by atoms with E-state index < -0.39 is 5.97 Å². The fourth-order valence-corrected chi connectivity index (χ4v) is 2.95. The van der Waals surface area contributed by atoms with Gasteiger partial charge in [0.25, 0.3) is 5.91 Å². The van der Waals surface area contributed by atoms with E-state index in [-0.39, 0.29) is 11.5 Å². The van der Waals surface area contributed by atoms with E-state index in [0.29, 0.717) is 24.0 Å². The molecule has 2 aromatic carbocycles. The summed E-state index contributed by atoms with van der Waals surface area (Å²) in [6.45, 7) is 0.583. The molecule has 130 valence electrons. The van der Waals surface area contributed by atoms with Crippen LogP contribution in [0.4, 0.5) is 5.69 Å². The number of hydrogen-bond donors (Lipinski definition) is 2. The van der Waals surface area contributed by atoms with Gasteiger partial charge in [-0.15, -0.1) is 0 Å². The van der Waals surface area contributed by atoms with Gasteiger partial charge in [-0.25, -0.2) is 4.79 Å². The van der Waals surface area contributed by atoms with Crippen LogP contribution in [0.15, 0.2) is 48.5 Å². The van der Waals surface area contributed by atoms with Crippen LogP contribution < -0.4 is 5.32 Å². The van der Waals surface area contributed by atoms with Crippen LogP contribution in [0.5, 0.6) is 0 Å². The molecule has 1 aliphatic carbocycles. The van der Waals surface area contributed by atoms with Gasteiger partial charge >= 0.3 is 5.97 Å². The molecule has 0 unspecified atom stereocenters. The first-order valence-electron chi connectivity index (χ1n) is 8.47. The molecule has 1 aliphatic rings. The van der Waals surface area contributed by atoms with Crippen molar-refractivity contribution < 1.29 is 19.4 Å². The Morgan fingerprint density at radius 3 is 2.40 bits per heavy atom. The zero-order chi connectivity index (χ0) is 17.6. The average Bonchev–Trinajstić information content (AvgIpc) is 3.15. The van der Waals surface area contributed by atoms with E-state index in [1.165, 1.54) is 25.0 Å². The van der Waals surface area contributed by atoms with Crippen LogP contribution in [-0.4, -0.2) is 23.1 Å². The van der Waals surface area contributed by atoms with E-state index in [1.54, 1.807) is 12.1 Å². The summed E-state index contributed by atoms with van der Waals surface area (Å²) in [7, 11) is 0. The van der Waals surface area contributed by atoms with Gasteiger partial charge in [0, 0.05) is 11.3 Å². The largest absolute Gasteiger partial charge is 0.478 e. The third kappa shape index (κ3) is 4.67. The molecule has 25 heavy (non-hydrogen) atoms. The Hall–Kier alpha value is -2.66. The van der Waals surface area contributed by atoms with Gasteiger partial charge in [-0.2, -0.15) is 0 Å². The molecule has 0 heterocycles. The molecule has 0 atom stereocenters. The summed E-state index contributed by atoms with van der Waals surface area (Å²) in [4.78, 5) is 23.2. The molecule has 0 saturated heterocycles. The smallest absolute Gasteiger partial charge is 0.335 e. The number of nitrogens with one attached hydrogen (secondary N) is 1. The van der Waals surface area contributed by atoms with Crippen LogP contribution in [0.1, 0.15) is 52.0 Å². The van der Waals surface area contributed by atoms with Crippen LogP contribution in [0.3, 0.4) is 0 Å². The highest BCUT2D eigenvalue weighted by Crippen LogP contribution is 2.22. The second-order valence-electron chi connectivity index (χ2n) is 6.25. The first kappa shape index (κ1) is 17.2. The van der Waals surface area contributed by atoms with Crippen LogP contribution >= 0.6 is 0 Å². The molecule has 1 saturated carbocycles. The summed E-state index contributed by atoms with van der Waals surface area (Å²) in [6, 6.07) is 13.5. The Labute approximate surface area is 146 Å². The topological polar surface area (TPSA) is 75.6 Å². The van der Waals surface area contributed by atoms with Crippen molar-refractivity contribution in [2.45, 2.75) is 38.4 Å². The molecule has 0 aromatic heterocycles. The molecule has 0 bridgehead atoms. The number of carboxylic acid groups (broad SMARTS) is 1. The molecule has 2 N–H and O–H groups in total. The number of amides is 1. The van der Waals surface area contributed by atoms with Crippen LogP contribution in [0.2, 0.25) is 0 Å². The van der Waals surface area contributed by atoms with E-state index in [9.17, 15) is 9.59 Å². The Bertz CT molecular complexity index is 749. The summed E-state index contributed by atoms with van der Waals surface area (Å²) in [5.41, 5.74) is 2.13. The first-order chi connectivity index (χ1) is 12.1. The highest BCUT2D eigenvalue weighted by Gasteiger charge is 2.15. The van der Waals surface area contributed by atoms with Gasteiger partial charge in [0.15, 0.2) is 0 Å². The molecular formula is C20H21NO4. The summed E-state index contributed by atoms with van der Waals surface area (Å²) in [6.07, 6.45) is 5.16.